The molecule has 0 aromatic rings. The van der Waals surface area contributed by atoms with Crippen molar-refractivity contribution in [2.45, 2.75) is 32.7 Å². The fourth-order valence-corrected chi connectivity index (χ4v) is 3.70. The predicted octanol–water partition coefficient (Wildman–Crippen LogP) is -0.499. The van der Waals surface area contributed by atoms with Crippen LogP contribution in [0.3, 0.4) is 0 Å². The summed E-state index contributed by atoms with van der Waals surface area (Å²) in [6.45, 7) is 6.86. The quantitative estimate of drug-likeness (QED) is 0.718. The van der Waals surface area contributed by atoms with Crippen molar-refractivity contribution in [1.82, 2.24) is 10.2 Å². The van der Waals surface area contributed by atoms with Crippen molar-refractivity contribution >= 4 is 28.8 Å². The molecule has 0 aromatic heterocycles. The molecule has 2 aliphatic heterocycles. The van der Waals surface area contributed by atoms with E-state index in [1.165, 1.54) is 22.6 Å². The Kier molecular flexibility index (Phi) is 5.64. The van der Waals surface area contributed by atoms with Crippen LogP contribution in [0.4, 0.5) is 4.79 Å². The highest BCUT2D eigenvalue weighted by Crippen LogP contribution is 2.17. The van der Waals surface area contributed by atoms with Gasteiger partial charge in [0.15, 0.2) is 6.04 Å². The summed E-state index contributed by atoms with van der Waals surface area (Å²) in [5, 5.41) is 2.64. The zero-order valence-electron chi connectivity index (χ0n) is 12.7. The summed E-state index contributed by atoms with van der Waals surface area (Å²) in [4.78, 5) is 37.6. The van der Waals surface area contributed by atoms with Crippen LogP contribution < -0.4 is 10.2 Å². The van der Waals surface area contributed by atoms with E-state index in [1.807, 2.05) is 6.92 Å². The number of piperidine rings is 1. The van der Waals surface area contributed by atoms with E-state index < -0.39 is 0 Å². The molecule has 0 aliphatic carbocycles. The number of quaternary nitrogens is 1. The third kappa shape index (κ3) is 4.20. The monoisotopic (exact) mass is 314 g/mol. The Morgan fingerprint density at radius 2 is 2.29 bits per heavy atom. The number of hydrogen-bond donors (Lipinski definition) is 2. The molecule has 2 heterocycles. The van der Waals surface area contributed by atoms with Gasteiger partial charge >= 0.3 is 0 Å². The van der Waals surface area contributed by atoms with Crippen LogP contribution in [0.1, 0.15) is 26.7 Å². The molecular formula is C14H24N3O3S+. The molecule has 0 aromatic carbocycles. The van der Waals surface area contributed by atoms with Crippen molar-refractivity contribution in [3.63, 3.8) is 0 Å². The summed E-state index contributed by atoms with van der Waals surface area (Å²) in [7, 11) is 0. The van der Waals surface area contributed by atoms with Crippen LogP contribution in [0, 0.1) is 5.92 Å². The number of imide groups is 1. The highest BCUT2D eigenvalue weighted by Gasteiger charge is 2.31. The lowest BCUT2D eigenvalue weighted by Crippen LogP contribution is -3.18. The van der Waals surface area contributed by atoms with Crippen molar-refractivity contribution in [2.75, 3.05) is 31.9 Å². The van der Waals surface area contributed by atoms with Crippen molar-refractivity contribution in [1.29, 1.82) is 0 Å². The van der Waals surface area contributed by atoms with Crippen LogP contribution in [0.15, 0.2) is 0 Å². The van der Waals surface area contributed by atoms with Crippen molar-refractivity contribution in [3.8, 4) is 0 Å². The summed E-state index contributed by atoms with van der Waals surface area (Å²) in [5.74, 6) is 0.730. The highest BCUT2D eigenvalue weighted by atomic mass is 32.2. The number of carbonyl (C=O) groups is 3. The molecule has 0 spiro atoms. The average Bonchev–Trinajstić information content (AvgIpc) is 2.78. The maximum atomic E-state index is 12.2. The summed E-state index contributed by atoms with van der Waals surface area (Å²) in [6, 6.07) is -0.0768. The van der Waals surface area contributed by atoms with Gasteiger partial charge in [-0.1, -0.05) is 18.7 Å². The standard InChI is InChI=1S/C14H23N3O3S/c1-10-4-3-6-16(8-10)11(2)13(19)15-5-7-17-12(18)9-21-14(17)20/h10-11H,3-9H2,1-2H3,(H,15,19)/p+1/t10-,11-/m0/s1. The molecule has 21 heavy (non-hydrogen) atoms. The Balaban J connectivity index is 1.73. The molecule has 0 bridgehead atoms. The molecule has 7 heteroatoms. The van der Waals surface area contributed by atoms with Crippen molar-refractivity contribution in [2.24, 2.45) is 5.92 Å². The number of amides is 3. The molecule has 2 rings (SSSR count). The molecule has 2 fully saturated rings. The van der Waals surface area contributed by atoms with Crippen molar-refractivity contribution in [3.05, 3.63) is 0 Å². The van der Waals surface area contributed by atoms with Gasteiger partial charge in [-0.3, -0.25) is 19.3 Å². The van der Waals surface area contributed by atoms with E-state index in [9.17, 15) is 14.4 Å². The highest BCUT2D eigenvalue weighted by molar-refractivity contribution is 8.14. The normalized spacial score (nSPS) is 27.8. The molecule has 118 valence electrons. The minimum Gasteiger partial charge on any atom is -0.349 e. The molecule has 2 N–H and O–H groups in total. The third-order valence-corrected chi connectivity index (χ3v) is 5.14. The number of hydrogen-bond acceptors (Lipinski definition) is 4. The fraction of sp³-hybridized carbons (Fsp3) is 0.786. The smallest absolute Gasteiger partial charge is 0.288 e. The van der Waals surface area contributed by atoms with E-state index in [2.05, 4.69) is 12.2 Å². The third-order valence-electron chi connectivity index (χ3n) is 4.29. The van der Waals surface area contributed by atoms with Crippen LogP contribution in [0.25, 0.3) is 0 Å². The van der Waals surface area contributed by atoms with E-state index >= 15 is 0 Å². The Hall–Kier alpha value is -1.08. The zero-order chi connectivity index (χ0) is 15.4. The minimum absolute atomic E-state index is 0.00541. The van der Waals surface area contributed by atoms with Crippen LogP contribution >= 0.6 is 11.8 Å². The number of thioether (sulfide) groups is 1. The molecule has 1 unspecified atom stereocenters. The van der Waals surface area contributed by atoms with Gasteiger partial charge in [-0.05, 0) is 19.8 Å². The van der Waals surface area contributed by atoms with E-state index in [-0.39, 0.29) is 35.4 Å². The summed E-state index contributed by atoms with van der Waals surface area (Å²) < 4.78 is 0. The van der Waals surface area contributed by atoms with E-state index in [4.69, 9.17) is 0 Å². The Bertz CT molecular complexity index is 414. The van der Waals surface area contributed by atoms with E-state index in [1.54, 1.807) is 0 Å². The first-order valence-electron chi connectivity index (χ1n) is 7.58. The SMILES string of the molecule is C[C@H]1CCC[NH+]([C@@H](C)C(=O)NCCN2C(=O)CSC2=O)C1. The molecule has 3 atom stereocenters. The first-order chi connectivity index (χ1) is 9.99. The number of nitrogens with zero attached hydrogens (tertiary/aromatic N) is 1. The van der Waals surface area contributed by atoms with Gasteiger partial charge in [-0.15, -0.1) is 0 Å². The number of carbonyl (C=O) groups excluding carboxylic acids is 3. The van der Waals surface area contributed by atoms with E-state index in [0.717, 1.165) is 24.9 Å². The molecule has 2 saturated heterocycles. The molecular weight excluding hydrogens is 290 g/mol. The Labute approximate surface area is 129 Å². The Morgan fingerprint density at radius 1 is 1.52 bits per heavy atom. The second kappa shape index (κ2) is 7.26. The van der Waals surface area contributed by atoms with Crippen molar-refractivity contribution < 1.29 is 19.3 Å². The van der Waals surface area contributed by atoms with Crippen LogP contribution in [-0.4, -0.2) is 59.9 Å². The van der Waals surface area contributed by atoms with Crippen LogP contribution in [0.2, 0.25) is 0 Å². The first kappa shape index (κ1) is 16.3. The average molecular weight is 314 g/mol. The number of rotatable bonds is 5. The van der Waals surface area contributed by atoms with Gasteiger partial charge in [0.25, 0.3) is 11.1 Å². The molecule has 6 nitrogen and oxygen atoms in total. The first-order valence-corrected chi connectivity index (χ1v) is 8.57. The molecule has 2 aliphatic rings. The molecule has 0 saturated carbocycles. The van der Waals surface area contributed by atoms with Gasteiger partial charge in [-0.2, -0.15) is 0 Å². The minimum atomic E-state index is -0.210. The number of nitrogens with one attached hydrogen (secondary N) is 2. The Morgan fingerprint density at radius 3 is 2.90 bits per heavy atom. The van der Waals surface area contributed by atoms with Gasteiger partial charge < -0.3 is 10.2 Å². The van der Waals surface area contributed by atoms with Crippen LogP contribution in [0.5, 0.6) is 0 Å². The summed E-state index contributed by atoms with van der Waals surface area (Å²) in [5.41, 5.74) is 0. The second-order valence-electron chi connectivity index (χ2n) is 5.97. The van der Waals surface area contributed by atoms with Gasteiger partial charge in [-0.25, -0.2) is 0 Å². The summed E-state index contributed by atoms with van der Waals surface area (Å²) in [6.07, 6.45) is 2.41. The van der Waals surface area contributed by atoms with Gasteiger partial charge in [0.1, 0.15) is 0 Å². The largest absolute Gasteiger partial charge is 0.349 e. The second-order valence-corrected chi connectivity index (χ2v) is 6.90. The van der Waals surface area contributed by atoms with Gasteiger partial charge in [0, 0.05) is 19.0 Å². The fourth-order valence-electron chi connectivity index (χ4n) is 2.95. The lowest BCUT2D eigenvalue weighted by Gasteiger charge is -2.31. The molecule has 0 radical (unpaired) electrons. The van der Waals surface area contributed by atoms with Crippen LogP contribution in [-0.2, 0) is 9.59 Å². The topological polar surface area (TPSA) is 70.9 Å². The zero-order valence-corrected chi connectivity index (χ0v) is 13.5. The maximum Gasteiger partial charge on any atom is 0.288 e. The van der Waals surface area contributed by atoms with Gasteiger partial charge in [0.05, 0.1) is 18.8 Å². The molecule has 3 amide bonds. The van der Waals surface area contributed by atoms with E-state index in [0.29, 0.717) is 12.5 Å². The lowest BCUT2D eigenvalue weighted by atomic mass is 9.99. The predicted molar refractivity (Wildman–Crippen MR) is 81.1 cm³/mol. The lowest BCUT2D eigenvalue weighted by molar-refractivity contribution is -0.922. The maximum absolute atomic E-state index is 12.2. The summed E-state index contributed by atoms with van der Waals surface area (Å²) >= 11 is 1.02. The number of likely N-dealkylation sites (tertiary alicyclic amines) is 1. The van der Waals surface area contributed by atoms with Gasteiger partial charge in [0.2, 0.25) is 5.91 Å².